The third-order valence-corrected chi connectivity index (χ3v) is 5.43. The lowest BCUT2D eigenvalue weighted by atomic mass is 10.1. The molecule has 3 aromatic rings. The number of amides is 2. The van der Waals surface area contributed by atoms with Crippen molar-refractivity contribution in [1.82, 2.24) is 20.0 Å². The Kier molecular flexibility index (Phi) is 5.93. The SMILES string of the molecule is COc1ccc(-c2ccc(C(=O)N3CCN(C(=O)c4ccc(C)cc4)CC3)cc2)nn1. The molecule has 7 heteroatoms. The van der Waals surface area contributed by atoms with Gasteiger partial charge in [0, 0.05) is 48.9 Å². The second kappa shape index (κ2) is 8.95. The molecule has 2 amide bonds. The topological polar surface area (TPSA) is 75.6 Å². The highest BCUT2D eigenvalue weighted by atomic mass is 16.5. The van der Waals surface area contributed by atoms with Crippen LogP contribution >= 0.6 is 0 Å². The molecule has 2 heterocycles. The molecule has 0 bridgehead atoms. The van der Waals surface area contributed by atoms with Crippen LogP contribution in [0.4, 0.5) is 0 Å². The van der Waals surface area contributed by atoms with Crippen molar-refractivity contribution >= 4 is 11.8 Å². The molecule has 1 saturated heterocycles. The second-order valence-electron chi connectivity index (χ2n) is 7.49. The van der Waals surface area contributed by atoms with Crippen molar-refractivity contribution in [3.63, 3.8) is 0 Å². The minimum absolute atomic E-state index is 0.0112. The van der Waals surface area contributed by atoms with Gasteiger partial charge in [0.2, 0.25) is 5.88 Å². The second-order valence-corrected chi connectivity index (χ2v) is 7.49. The molecule has 0 unspecified atom stereocenters. The van der Waals surface area contributed by atoms with E-state index in [4.69, 9.17) is 4.74 Å². The summed E-state index contributed by atoms with van der Waals surface area (Å²) in [6.45, 7) is 4.08. The number of aromatic nitrogens is 2. The van der Waals surface area contributed by atoms with Gasteiger partial charge in [0.1, 0.15) is 0 Å². The highest BCUT2D eigenvalue weighted by Crippen LogP contribution is 2.20. The first kappa shape index (κ1) is 20.5. The molecule has 31 heavy (non-hydrogen) atoms. The molecule has 7 nitrogen and oxygen atoms in total. The number of aryl methyl sites for hydroxylation is 1. The Balaban J connectivity index is 1.37. The minimum Gasteiger partial charge on any atom is -0.480 e. The van der Waals surface area contributed by atoms with Crippen LogP contribution in [0.5, 0.6) is 5.88 Å². The van der Waals surface area contributed by atoms with E-state index in [1.807, 2.05) is 49.4 Å². The summed E-state index contributed by atoms with van der Waals surface area (Å²) in [5, 5.41) is 8.10. The molecule has 0 atom stereocenters. The summed E-state index contributed by atoms with van der Waals surface area (Å²) in [6, 6.07) is 18.5. The zero-order chi connectivity index (χ0) is 21.8. The number of ether oxygens (including phenoxy) is 1. The molecule has 0 saturated carbocycles. The van der Waals surface area contributed by atoms with Gasteiger partial charge in [0.25, 0.3) is 11.8 Å². The molecule has 0 spiro atoms. The molecular weight excluding hydrogens is 392 g/mol. The first-order valence-corrected chi connectivity index (χ1v) is 10.2. The minimum atomic E-state index is -0.0326. The van der Waals surface area contributed by atoms with E-state index in [0.29, 0.717) is 48.9 Å². The maximum absolute atomic E-state index is 12.9. The molecule has 1 aliphatic rings. The largest absolute Gasteiger partial charge is 0.480 e. The van der Waals surface area contributed by atoms with E-state index in [-0.39, 0.29) is 11.8 Å². The fraction of sp³-hybridized carbons (Fsp3) is 0.250. The predicted octanol–water partition coefficient (Wildman–Crippen LogP) is 3.06. The Hall–Kier alpha value is -3.74. The van der Waals surface area contributed by atoms with Crippen LogP contribution in [0.15, 0.2) is 60.7 Å². The zero-order valence-electron chi connectivity index (χ0n) is 17.6. The van der Waals surface area contributed by atoms with Crippen LogP contribution in [0.2, 0.25) is 0 Å². The number of carbonyl (C=O) groups is 2. The highest BCUT2D eigenvalue weighted by Gasteiger charge is 2.25. The lowest BCUT2D eigenvalue weighted by Gasteiger charge is -2.35. The first-order chi connectivity index (χ1) is 15.0. The summed E-state index contributed by atoms with van der Waals surface area (Å²) in [6.07, 6.45) is 0. The van der Waals surface area contributed by atoms with Gasteiger partial charge >= 0.3 is 0 Å². The Morgan fingerprint density at radius 1 is 0.742 bits per heavy atom. The summed E-state index contributed by atoms with van der Waals surface area (Å²) >= 11 is 0. The molecule has 0 radical (unpaired) electrons. The lowest BCUT2D eigenvalue weighted by Crippen LogP contribution is -2.50. The zero-order valence-corrected chi connectivity index (χ0v) is 17.6. The number of nitrogens with zero attached hydrogens (tertiary/aromatic N) is 4. The van der Waals surface area contributed by atoms with Crippen molar-refractivity contribution in [2.24, 2.45) is 0 Å². The van der Waals surface area contributed by atoms with Crippen molar-refractivity contribution in [2.75, 3.05) is 33.3 Å². The number of rotatable bonds is 4. The molecule has 4 rings (SSSR count). The molecule has 2 aromatic carbocycles. The fourth-order valence-electron chi connectivity index (χ4n) is 3.54. The smallest absolute Gasteiger partial charge is 0.253 e. The predicted molar refractivity (Wildman–Crippen MR) is 117 cm³/mol. The highest BCUT2D eigenvalue weighted by molar-refractivity contribution is 5.96. The van der Waals surface area contributed by atoms with E-state index in [1.54, 1.807) is 35.1 Å². The van der Waals surface area contributed by atoms with E-state index in [2.05, 4.69) is 10.2 Å². The molecule has 0 aliphatic carbocycles. The summed E-state index contributed by atoms with van der Waals surface area (Å²) in [5.74, 6) is 0.433. The van der Waals surface area contributed by atoms with Gasteiger partial charge in [-0.05, 0) is 37.3 Å². The van der Waals surface area contributed by atoms with Crippen molar-refractivity contribution < 1.29 is 14.3 Å². The van der Waals surface area contributed by atoms with Crippen LogP contribution < -0.4 is 4.74 Å². The van der Waals surface area contributed by atoms with Crippen LogP contribution in [0.25, 0.3) is 11.3 Å². The maximum atomic E-state index is 12.9. The van der Waals surface area contributed by atoms with Gasteiger partial charge in [-0.15, -0.1) is 10.2 Å². The average Bonchev–Trinajstić information content (AvgIpc) is 2.84. The Morgan fingerprint density at radius 3 is 1.71 bits per heavy atom. The van der Waals surface area contributed by atoms with Crippen molar-refractivity contribution in [3.8, 4) is 17.1 Å². The van der Waals surface area contributed by atoms with Crippen molar-refractivity contribution in [2.45, 2.75) is 6.92 Å². The monoisotopic (exact) mass is 416 g/mol. The van der Waals surface area contributed by atoms with Crippen LogP contribution in [0, 0.1) is 6.92 Å². The summed E-state index contributed by atoms with van der Waals surface area (Å²) in [4.78, 5) is 29.2. The van der Waals surface area contributed by atoms with E-state index in [0.717, 1.165) is 11.1 Å². The summed E-state index contributed by atoms with van der Waals surface area (Å²) < 4.78 is 5.03. The third-order valence-electron chi connectivity index (χ3n) is 5.43. The van der Waals surface area contributed by atoms with Crippen LogP contribution in [-0.2, 0) is 0 Å². The molecule has 1 fully saturated rings. The van der Waals surface area contributed by atoms with E-state index in [9.17, 15) is 9.59 Å². The van der Waals surface area contributed by atoms with Gasteiger partial charge in [-0.1, -0.05) is 29.8 Å². The van der Waals surface area contributed by atoms with Gasteiger partial charge < -0.3 is 14.5 Å². The van der Waals surface area contributed by atoms with Gasteiger partial charge in [-0.2, -0.15) is 0 Å². The Morgan fingerprint density at radius 2 is 1.26 bits per heavy atom. The van der Waals surface area contributed by atoms with Gasteiger partial charge in [0.05, 0.1) is 12.8 Å². The first-order valence-electron chi connectivity index (χ1n) is 10.2. The van der Waals surface area contributed by atoms with Crippen LogP contribution in [-0.4, -0.2) is 65.1 Å². The Bertz CT molecular complexity index is 1060. The lowest BCUT2D eigenvalue weighted by molar-refractivity contribution is 0.0535. The number of carbonyl (C=O) groups excluding carboxylic acids is 2. The normalized spacial score (nSPS) is 13.7. The summed E-state index contributed by atoms with van der Waals surface area (Å²) in [7, 11) is 1.54. The van der Waals surface area contributed by atoms with E-state index >= 15 is 0 Å². The number of hydrogen-bond donors (Lipinski definition) is 0. The van der Waals surface area contributed by atoms with E-state index in [1.165, 1.54) is 0 Å². The number of benzene rings is 2. The van der Waals surface area contributed by atoms with Gasteiger partial charge in [-0.3, -0.25) is 9.59 Å². The molecule has 1 aromatic heterocycles. The van der Waals surface area contributed by atoms with Gasteiger partial charge in [-0.25, -0.2) is 0 Å². The molecule has 158 valence electrons. The van der Waals surface area contributed by atoms with Crippen molar-refractivity contribution in [3.05, 3.63) is 77.4 Å². The van der Waals surface area contributed by atoms with Crippen molar-refractivity contribution in [1.29, 1.82) is 0 Å². The third kappa shape index (κ3) is 4.55. The molecular formula is C24H24N4O3. The number of hydrogen-bond acceptors (Lipinski definition) is 5. The van der Waals surface area contributed by atoms with Crippen LogP contribution in [0.3, 0.4) is 0 Å². The fourth-order valence-corrected chi connectivity index (χ4v) is 3.54. The maximum Gasteiger partial charge on any atom is 0.253 e. The number of methoxy groups -OCH3 is 1. The average molecular weight is 416 g/mol. The molecule has 0 N–H and O–H groups in total. The van der Waals surface area contributed by atoms with Gasteiger partial charge in [0.15, 0.2) is 0 Å². The standard InChI is InChI=1S/C24H24N4O3/c1-17-3-5-19(6-4-17)23(29)27-13-15-28(16-14-27)24(30)20-9-7-18(8-10-20)21-11-12-22(31-2)26-25-21/h3-12H,13-16H2,1-2H3. The van der Waals surface area contributed by atoms with Crippen LogP contribution in [0.1, 0.15) is 26.3 Å². The van der Waals surface area contributed by atoms with E-state index < -0.39 is 0 Å². The summed E-state index contributed by atoms with van der Waals surface area (Å²) in [5.41, 5.74) is 4.01. The molecule has 1 aliphatic heterocycles. The Labute approximate surface area is 181 Å². The quantitative estimate of drug-likeness (QED) is 0.653. The number of piperazine rings is 1.